The van der Waals surface area contributed by atoms with E-state index in [-0.39, 0.29) is 12.3 Å². The minimum absolute atomic E-state index is 0.0190. The maximum atomic E-state index is 11.4. The van der Waals surface area contributed by atoms with Gasteiger partial charge in [-0.05, 0) is 6.92 Å². The third-order valence-electron chi connectivity index (χ3n) is 2.11. The van der Waals surface area contributed by atoms with E-state index in [2.05, 4.69) is 0 Å². The van der Waals surface area contributed by atoms with Crippen molar-refractivity contribution in [3.63, 3.8) is 0 Å². The first-order valence-electron chi connectivity index (χ1n) is 4.41. The quantitative estimate of drug-likeness (QED) is 0.691. The van der Waals surface area contributed by atoms with Gasteiger partial charge < -0.3 is 0 Å². The zero-order valence-electron chi connectivity index (χ0n) is 8.39. The van der Waals surface area contributed by atoms with Gasteiger partial charge in [0.05, 0.1) is 6.54 Å². The Hall–Kier alpha value is -0.0700. The molecule has 14 heavy (non-hydrogen) atoms. The molecule has 0 amide bonds. The zero-order valence-corrected chi connectivity index (χ0v) is 10.0. The lowest BCUT2D eigenvalue weighted by Crippen LogP contribution is -2.48. The van der Waals surface area contributed by atoms with Crippen molar-refractivity contribution in [2.45, 2.75) is 12.3 Å². The molecule has 0 radical (unpaired) electrons. The Kier molecular flexibility index (Phi) is 3.97. The van der Waals surface area contributed by atoms with Crippen LogP contribution in [0.4, 0.5) is 0 Å². The van der Waals surface area contributed by atoms with Gasteiger partial charge in [0.25, 0.3) is 0 Å². The van der Waals surface area contributed by atoms with Crippen molar-refractivity contribution in [1.82, 2.24) is 4.90 Å². The van der Waals surface area contributed by atoms with Crippen LogP contribution in [0.1, 0.15) is 6.92 Å². The summed E-state index contributed by atoms with van der Waals surface area (Å²) < 4.78 is 22.8. The summed E-state index contributed by atoms with van der Waals surface area (Å²) in [5.74, 6) is 1.50. The fraction of sp³-hybridized carbons (Fsp3) is 0.875. The molecule has 1 saturated heterocycles. The van der Waals surface area contributed by atoms with Gasteiger partial charge in [-0.25, -0.2) is 8.42 Å². The van der Waals surface area contributed by atoms with Gasteiger partial charge >= 0.3 is 0 Å². The highest BCUT2D eigenvalue weighted by atomic mass is 32.2. The molecule has 0 N–H and O–H groups in total. The van der Waals surface area contributed by atoms with Crippen LogP contribution in [0.15, 0.2) is 0 Å². The molecule has 1 fully saturated rings. The lowest BCUT2D eigenvalue weighted by molar-refractivity contribution is -0.118. The number of hydrogen-bond acceptors (Lipinski definition) is 5. The highest BCUT2D eigenvalue weighted by molar-refractivity contribution is 8.00. The third kappa shape index (κ3) is 3.25. The van der Waals surface area contributed by atoms with Crippen LogP contribution < -0.4 is 0 Å². The van der Waals surface area contributed by atoms with Gasteiger partial charge in [-0.15, -0.1) is 0 Å². The Morgan fingerprint density at radius 2 is 2.21 bits per heavy atom. The van der Waals surface area contributed by atoms with Crippen molar-refractivity contribution in [1.29, 1.82) is 0 Å². The van der Waals surface area contributed by atoms with Crippen molar-refractivity contribution >= 4 is 27.4 Å². The van der Waals surface area contributed by atoms with Gasteiger partial charge in [0.2, 0.25) is 0 Å². The molecule has 1 unspecified atom stereocenters. The lowest BCUT2D eigenvalue weighted by Gasteiger charge is -2.32. The van der Waals surface area contributed by atoms with Crippen molar-refractivity contribution in [3.05, 3.63) is 0 Å². The molecule has 1 rings (SSSR count). The molecule has 0 aromatic carbocycles. The number of carbonyl (C=O) groups excluding carboxylic acids is 1. The number of carbonyl (C=O) groups is 1. The largest absolute Gasteiger partial charge is 0.299 e. The number of nitrogens with zero attached hydrogens (tertiary/aromatic N) is 1. The van der Waals surface area contributed by atoms with Crippen molar-refractivity contribution < 1.29 is 13.2 Å². The first-order valence-corrected chi connectivity index (χ1v) is 7.52. The Morgan fingerprint density at radius 3 is 2.71 bits per heavy atom. The first kappa shape index (κ1) is 12.0. The van der Waals surface area contributed by atoms with E-state index >= 15 is 0 Å². The van der Waals surface area contributed by atoms with E-state index in [9.17, 15) is 13.2 Å². The summed E-state index contributed by atoms with van der Waals surface area (Å²) in [7, 11) is -3.07. The van der Waals surface area contributed by atoms with E-state index in [1.54, 1.807) is 16.7 Å². The summed E-state index contributed by atoms with van der Waals surface area (Å²) in [5.41, 5.74) is 0. The van der Waals surface area contributed by atoms with E-state index in [0.717, 1.165) is 5.75 Å². The molecule has 6 heteroatoms. The molecule has 1 aliphatic heterocycles. The fourth-order valence-corrected chi connectivity index (χ4v) is 4.42. The van der Waals surface area contributed by atoms with Crippen LogP contribution in [-0.4, -0.2) is 55.3 Å². The third-order valence-corrected chi connectivity index (χ3v) is 4.80. The molecule has 4 nitrogen and oxygen atoms in total. The Balaban J connectivity index is 2.74. The maximum Gasteiger partial charge on any atom is 0.164 e. The highest BCUT2D eigenvalue weighted by Crippen LogP contribution is 2.19. The van der Waals surface area contributed by atoms with Gasteiger partial charge in [-0.3, -0.25) is 9.69 Å². The first-order chi connectivity index (χ1) is 6.41. The van der Waals surface area contributed by atoms with Crippen molar-refractivity contribution in [3.8, 4) is 0 Å². The summed E-state index contributed by atoms with van der Waals surface area (Å²) in [4.78, 5) is 12.7. The van der Waals surface area contributed by atoms with Crippen LogP contribution in [0, 0.1) is 0 Å². The van der Waals surface area contributed by atoms with Crippen LogP contribution in [0.5, 0.6) is 0 Å². The van der Waals surface area contributed by atoms with E-state index in [0.29, 0.717) is 12.3 Å². The lowest BCUT2D eigenvalue weighted by atomic mass is 10.4. The standard InChI is InChI=1S/C8H15NO3S2/c1-7(10)5-9-3-4-13-6-8(9)14(2,11)12/h8H,3-6H2,1-2H3. The SMILES string of the molecule is CC(=O)CN1CCSCC1S(C)(=O)=O. The Labute approximate surface area is 89.0 Å². The van der Waals surface area contributed by atoms with E-state index in [1.807, 2.05) is 0 Å². The zero-order chi connectivity index (χ0) is 10.8. The number of thioether (sulfide) groups is 1. The van der Waals surface area contributed by atoms with Crippen LogP contribution >= 0.6 is 11.8 Å². The molecule has 0 aliphatic carbocycles. The predicted octanol–water partition coefficient (Wildman–Crippen LogP) is -0.00510. The second-order valence-electron chi connectivity index (χ2n) is 3.53. The topological polar surface area (TPSA) is 54.5 Å². The van der Waals surface area contributed by atoms with Crippen molar-refractivity contribution in [2.24, 2.45) is 0 Å². The predicted molar refractivity (Wildman–Crippen MR) is 58.2 cm³/mol. The minimum Gasteiger partial charge on any atom is -0.299 e. The number of Topliss-reactive ketones (excluding diaryl/α,β-unsaturated/α-hetero) is 1. The van der Waals surface area contributed by atoms with Gasteiger partial charge in [0, 0.05) is 24.3 Å². The van der Waals surface area contributed by atoms with Crippen LogP contribution in [0.3, 0.4) is 0 Å². The summed E-state index contributed by atoms with van der Waals surface area (Å²) in [6, 6.07) is 0. The van der Waals surface area contributed by atoms with E-state index in [4.69, 9.17) is 0 Å². The summed E-state index contributed by atoms with van der Waals surface area (Å²) in [6.45, 7) is 2.42. The van der Waals surface area contributed by atoms with E-state index in [1.165, 1.54) is 13.2 Å². The van der Waals surface area contributed by atoms with Gasteiger partial charge in [0.15, 0.2) is 9.84 Å². The van der Waals surface area contributed by atoms with E-state index < -0.39 is 15.2 Å². The molecule has 0 saturated carbocycles. The Morgan fingerprint density at radius 1 is 1.57 bits per heavy atom. The van der Waals surface area contributed by atoms with Crippen LogP contribution in [0.25, 0.3) is 0 Å². The van der Waals surface area contributed by atoms with Gasteiger partial charge in [-0.2, -0.15) is 11.8 Å². The average molecular weight is 237 g/mol. The number of ketones is 1. The van der Waals surface area contributed by atoms with Gasteiger partial charge in [0.1, 0.15) is 11.2 Å². The maximum absolute atomic E-state index is 11.4. The molecular formula is C8H15NO3S2. The molecule has 1 heterocycles. The minimum atomic E-state index is -3.07. The van der Waals surface area contributed by atoms with Crippen molar-refractivity contribution in [2.75, 3.05) is 30.9 Å². The average Bonchev–Trinajstić information content (AvgIpc) is 2.01. The molecular weight excluding hydrogens is 222 g/mol. The molecule has 1 aliphatic rings. The second kappa shape index (κ2) is 4.63. The molecule has 0 aromatic rings. The summed E-state index contributed by atoms with van der Waals surface area (Å²) in [5, 5.41) is -0.481. The molecule has 1 atom stereocenters. The van der Waals surface area contributed by atoms with Gasteiger partial charge in [-0.1, -0.05) is 0 Å². The van der Waals surface area contributed by atoms with Crippen LogP contribution in [-0.2, 0) is 14.6 Å². The molecule has 0 bridgehead atoms. The molecule has 0 spiro atoms. The highest BCUT2D eigenvalue weighted by Gasteiger charge is 2.31. The monoisotopic (exact) mass is 237 g/mol. The Bertz CT molecular complexity index is 313. The second-order valence-corrected chi connectivity index (χ2v) is 6.88. The fourth-order valence-electron chi connectivity index (χ4n) is 1.48. The normalized spacial score (nSPS) is 24.9. The summed E-state index contributed by atoms with van der Waals surface area (Å²) >= 11 is 1.63. The number of sulfone groups is 1. The summed E-state index contributed by atoms with van der Waals surface area (Å²) in [6.07, 6.45) is 1.23. The molecule has 82 valence electrons. The number of hydrogen-bond donors (Lipinski definition) is 0. The molecule has 0 aromatic heterocycles. The van der Waals surface area contributed by atoms with Crippen LogP contribution in [0.2, 0.25) is 0 Å². The number of rotatable bonds is 3. The smallest absolute Gasteiger partial charge is 0.164 e.